The molecule has 3 nitrogen and oxygen atoms in total. The van der Waals surface area contributed by atoms with E-state index in [1.807, 2.05) is 18.2 Å². The fraction of sp³-hybridized carbons (Fsp3) is 0. The first-order valence-electron chi connectivity index (χ1n) is 20.3. The highest BCUT2D eigenvalue weighted by atomic mass is 15.0. The van der Waals surface area contributed by atoms with Crippen LogP contribution >= 0.6 is 0 Å². The Balaban J connectivity index is 1.05. The molecule has 0 fully saturated rings. The van der Waals surface area contributed by atoms with Crippen LogP contribution in [0.2, 0.25) is 0 Å². The van der Waals surface area contributed by atoms with Gasteiger partial charge in [0.05, 0.1) is 0 Å². The standard InChI is InChI=1S/C57H39N3/c1-5-18-40(19-6-1)50-37-51(41-20-7-2-8-21-41)39-52(38-50)46-28-17-31-49(36-46)57-59-55(43-24-11-4-12-25-43)58-56(60-57)48-30-16-27-45(35-48)44-26-15-29-47(34-44)54-33-14-13-32-53(54)42-22-9-3-10-23-42/h1-39H. The Hall–Kier alpha value is -8.01. The third kappa shape index (κ3) is 7.68. The van der Waals surface area contributed by atoms with Crippen LogP contribution in [0.1, 0.15) is 0 Å². The second-order valence-electron chi connectivity index (χ2n) is 14.9. The number of hydrogen-bond donors (Lipinski definition) is 0. The normalized spacial score (nSPS) is 11.0. The number of hydrogen-bond acceptors (Lipinski definition) is 3. The third-order valence-electron chi connectivity index (χ3n) is 10.9. The quantitative estimate of drug-likeness (QED) is 0.147. The lowest BCUT2D eigenvalue weighted by Gasteiger charge is -2.13. The van der Waals surface area contributed by atoms with Gasteiger partial charge in [-0.1, -0.05) is 200 Å². The van der Waals surface area contributed by atoms with Gasteiger partial charge < -0.3 is 0 Å². The van der Waals surface area contributed by atoms with Gasteiger partial charge in [0.15, 0.2) is 17.5 Å². The summed E-state index contributed by atoms with van der Waals surface area (Å²) in [7, 11) is 0. The molecular formula is C57H39N3. The summed E-state index contributed by atoms with van der Waals surface area (Å²) in [6.45, 7) is 0. The lowest BCUT2D eigenvalue weighted by atomic mass is 9.92. The maximum atomic E-state index is 5.19. The van der Waals surface area contributed by atoms with Gasteiger partial charge in [-0.05, 0) is 103 Å². The van der Waals surface area contributed by atoms with Gasteiger partial charge in [-0.3, -0.25) is 0 Å². The van der Waals surface area contributed by atoms with E-state index in [1.165, 1.54) is 27.8 Å². The summed E-state index contributed by atoms with van der Waals surface area (Å²) in [5, 5.41) is 0. The van der Waals surface area contributed by atoms with Crippen molar-refractivity contribution in [1.29, 1.82) is 0 Å². The molecule has 1 heterocycles. The van der Waals surface area contributed by atoms with Crippen LogP contribution in [-0.4, -0.2) is 15.0 Å². The zero-order chi connectivity index (χ0) is 40.1. The second kappa shape index (κ2) is 16.5. The monoisotopic (exact) mass is 765 g/mol. The van der Waals surface area contributed by atoms with Gasteiger partial charge in [-0.25, -0.2) is 15.0 Å². The molecule has 10 aromatic rings. The van der Waals surface area contributed by atoms with Crippen molar-refractivity contribution in [3.05, 3.63) is 237 Å². The fourth-order valence-electron chi connectivity index (χ4n) is 7.89. The molecule has 0 N–H and O–H groups in total. The van der Waals surface area contributed by atoms with Crippen LogP contribution in [-0.2, 0) is 0 Å². The predicted molar refractivity (Wildman–Crippen MR) is 249 cm³/mol. The van der Waals surface area contributed by atoms with Gasteiger partial charge in [0.2, 0.25) is 0 Å². The van der Waals surface area contributed by atoms with Gasteiger partial charge in [-0.15, -0.1) is 0 Å². The van der Waals surface area contributed by atoms with Crippen molar-refractivity contribution in [2.45, 2.75) is 0 Å². The van der Waals surface area contributed by atoms with Crippen molar-refractivity contribution in [2.75, 3.05) is 0 Å². The minimum absolute atomic E-state index is 0.619. The second-order valence-corrected chi connectivity index (χ2v) is 14.9. The van der Waals surface area contributed by atoms with Crippen molar-refractivity contribution >= 4 is 0 Å². The number of benzene rings is 9. The summed E-state index contributed by atoms with van der Waals surface area (Å²) >= 11 is 0. The molecule has 0 saturated carbocycles. The van der Waals surface area contributed by atoms with Crippen LogP contribution in [0.4, 0.5) is 0 Å². The first-order valence-corrected chi connectivity index (χ1v) is 20.3. The molecule has 0 atom stereocenters. The Morgan fingerprint density at radius 3 is 0.900 bits per heavy atom. The molecule has 0 bridgehead atoms. The largest absolute Gasteiger partial charge is 0.208 e. The summed E-state index contributed by atoms with van der Waals surface area (Å²) < 4.78 is 0. The average molecular weight is 766 g/mol. The first kappa shape index (κ1) is 36.3. The highest BCUT2D eigenvalue weighted by Crippen LogP contribution is 2.37. The minimum Gasteiger partial charge on any atom is -0.208 e. The van der Waals surface area contributed by atoms with Gasteiger partial charge in [0.25, 0.3) is 0 Å². The molecule has 10 rings (SSSR count). The van der Waals surface area contributed by atoms with Gasteiger partial charge in [0, 0.05) is 16.7 Å². The molecule has 282 valence electrons. The maximum Gasteiger partial charge on any atom is 0.164 e. The zero-order valence-electron chi connectivity index (χ0n) is 32.9. The molecule has 3 heteroatoms. The third-order valence-corrected chi connectivity index (χ3v) is 10.9. The summed E-state index contributed by atoms with van der Waals surface area (Å²) in [6, 6.07) is 83.1. The summed E-state index contributed by atoms with van der Waals surface area (Å²) in [5.41, 5.74) is 16.6. The summed E-state index contributed by atoms with van der Waals surface area (Å²) in [4.78, 5) is 15.4. The van der Waals surface area contributed by atoms with Crippen LogP contribution in [0.25, 0.3) is 101 Å². The van der Waals surface area contributed by atoms with Crippen LogP contribution in [0.3, 0.4) is 0 Å². The Labute approximate surface area is 351 Å². The van der Waals surface area contributed by atoms with Crippen molar-refractivity contribution in [2.24, 2.45) is 0 Å². The molecule has 0 aliphatic carbocycles. The van der Waals surface area contributed by atoms with E-state index < -0.39 is 0 Å². The number of aromatic nitrogens is 3. The van der Waals surface area contributed by atoms with Gasteiger partial charge >= 0.3 is 0 Å². The predicted octanol–water partition coefficient (Wildman–Crippen LogP) is 14.9. The maximum absolute atomic E-state index is 5.19. The number of rotatable bonds is 9. The van der Waals surface area contributed by atoms with Gasteiger partial charge in [-0.2, -0.15) is 0 Å². The van der Waals surface area contributed by atoms with Crippen molar-refractivity contribution < 1.29 is 0 Å². The highest BCUT2D eigenvalue weighted by molar-refractivity contribution is 5.86. The van der Waals surface area contributed by atoms with E-state index in [1.54, 1.807) is 0 Å². The van der Waals surface area contributed by atoms with Crippen molar-refractivity contribution in [3.8, 4) is 101 Å². The molecule has 0 saturated heterocycles. The van der Waals surface area contributed by atoms with Crippen LogP contribution in [0.15, 0.2) is 237 Å². The molecule has 0 spiro atoms. The summed E-state index contributed by atoms with van der Waals surface area (Å²) in [6.07, 6.45) is 0. The smallest absolute Gasteiger partial charge is 0.164 e. The zero-order valence-corrected chi connectivity index (χ0v) is 32.9. The Bertz CT molecular complexity index is 3010. The van der Waals surface area contributed by atoms with E-state index in [0.717, 1.165) is 55.6 Å². The van der Waals surface area contributed by atoms with E-state index in [2.05, 4.69) is 218 Å². The first-order chi connectivity index (χ1) is 29.7. The average Bonchev–Trinajstić information content (AvgIpc) is 3.35. The molecule has 0 unspecified atom stereocenters. The van der Waals surface area contributed by atoms with Gasteiger partial charge in [0.1, 0.15) is 0 Å². The SMILES string of the molecule is c1ccc(-c2cc(-c3ccccc3)cc(-c3cccc(-c4nc(-c5ccccc5)nc(-c5cccc(-c6cccc(-c7ccccc7-c7ccccc7)c6)c5)n4)c3)c2)cc1. The lowest BCUT2D eigenvalue weighted by molar-refractivity contribution is 1.07. The van der Waals surface area contributed by atoms with Crippen LogP contribution in [0.5, 0.6) is 0 Å². The van der Waals surface area contributed by atoms with E-state index in [-0.39, 0.29) is 0 Å². The Morgan fingerprint density at radius 2 is 0.433 bits per heavy atom. The molecule has 0 aliphatic rings. The van der Waals surface area contributed by atoms with Crippen molar-refractivity contribution in [1.82, 2.24) is 15.0 Å². The topological polar surface area (TPSA) is 38.7 Å². The molecule has 0 radical (unpaired) electrons. The van der Waals surface area contributed by atoms with Crippen LogP contribution in [0, 0.1) is 0 Å². The summed E-state index contributed by atoms with van der Waals surface area (Å²) in [5.74, 6) is 1.87. The van der Waals surface area contributed by atoms with E-state index in [4.69, 9.17) is 15.0 Å². The van der Waals surface area contributed by atoms with Crippen molar-refractivity contribution in [3.63, 3.8) is 0 Å². The molecule has 60 heavy (non-hydrogen) atoms. The van der Waals surface area contributed by atoms with E-state index >= 15 is 0 Å². The molecule has 0 amide bonds. The lowest BCUT2D eigenvalue weighted by Crippen LogP contribution is -2.00. The number of nitrogens with zero attached hydrogens (tertiary/aromatic N) is 3. The molecule has 9 aromatic carbocycles. The minimum atomic E-state index is 0.619. The highest BCUT2D eigenvalue weighted by Gasteiger charge is 2.15. The Kier molecular flexibility index (Phi) is 9.97. The fourth-order valence-corrected chi connectivity index (χ4v) is 7.89. The van der Waals surface area contributed by atoms with E-state index in [9.17, 15) is 0 Å². The molecule has 0 aliphatic heterocycles. The molecular weight excluding hydrogens is 727 g/mol. The van der Waals surface area contributed by atoms with Crippen LogP contribution < -0.4 is 0 Å². The molecule has 1 aromatic heterocycles. The Morgan fingerprint density at radius 1 is 0.167 bits per heavy atom. The van der Waals surface area contributed by atoms with E-state index in [0.29, 0.717) is 17.5 Å².